The molecule has 1 aromatic carbocycles. The van der Waals surface area contributed by atoms with Crippen LogP contribution in [0.1, 0.15) is 30.6 Å². The molecule has 1 aliphatic heterocycles. The van der Waals surface area contributed by atoms with Crippen LogP contribution in [-0.4, -0.2) is 41.2 Å². The predicted octanol–water partition coefficient (Wildman–Crippen LogP) is 2.83. The van der Waals surface area contributed by atoms with Gasteiger partial charge in [-0.05, 0) is 36.8 Å². The van der Waals surface area contributed by atoms with Crippen molar-refractivity contribution in [1.29, 1.82) is 0 Å². The number of carbonyl (C=O) groups excluding carboxylic acids is 2. The van der Waals surface area contributed by atoms with E-state index in [1.165, 1.54) is 6.07 Å². The Morgan fingerprint density at radius 1 is 1.22 bits per heavy atom. The average Bonchev–Trinajstić information content (AvgIpc) is 3.12. The number of carbonyl (C=O) groups is 2. The van der Waals surface area contributed by atoms with E-state index in [0.29, 0.717) is 18.7 Å². The molecule has 1 N–H and O–H groups in total. The van der Waals surface area contributed by atoms with Crippen molar-refractivity contribution in [1.82, 2.24) is 14.8 Å². The van der Waals surface area contributed by atoms with E-state index in [9.17, 15) is 18.4 Å². The molecule has 2 heterocycles. The van der Waals surface area contributed by atoms with Crippen molar-refractivity contribution in [3.05, 3.63) is 59.4 Å². The zero-order valence-electron chi connectivity index (χ0n) is 15.0. The molecule has 27 heavy (non-hydrogen) atoms. The minimum Gasteiger partial charge on any atom is -0.466 e. The summed E-state index contributed by atoms with van der Waals surface area (Å²) in [5, 5.41) is 2.70. The molecule has 1 atom stereocenters. The number of esters is 1. The van der Waals surface area contributed by atoms with E-state index in [2.05, 4.69) is 5.32 Å². The SMILES string of the molecule is CCOC(=O)CCNC(=O)N1CCn2cccc2[C@H]1c1ccc(F)c(F)c1. The molecule has 1 aromatic heterocycles. The van der Waals surface area contributed by atoms with Crippen molar-refractivity contribution < 1.29 is 23.1 Å². The van der Waals surface area contributed by atoms with Gasteiger partial charge in [0.2, 0.25) is 0 Å². The van der Waals surface area contributed by atoms with Crippen LogP contribution in [0.15, 0.2) is 36.5 Å². The topological polar surface area (TPSA) is 63.6 Å². The average molecular weight is 377 g/mol. The number of ether oxygens (including phenoxy) is 1. The van der Waals surface area contributed by atoms with E-state index in [0.717, 1.165) is 17.8 Å². The van der Waals surface area contributed by atoms with Gasteiger partial charge < -0.3 is 19.5 Å². The van der Waals surface area contributed by atoms with E-state index in [1.54, 1.807) is 11.8 Å². The van der Waals surface area contributed by atoms with Gasteiger partial charge in [-0.25, -0.2) is 13.6 Å². The van der Waals surface area contributed by atoms with Crippen molar-refractivity contribution in [2.24, 2.45) is 0 Å². The van der Waals surface area contributed by atoms with Crippen LogP contribution in [0.2, 0.25) is 0 Å². The molecule has 8 heteroatoms. The highest BCUT2D eigenvalue weighted by Crippen LogP contribution is 2.33. The number of halogens is 2. The van der Waals surface area contributed by atoms with Crippen LogP contribution in [0.4, 0.5) is 13.6 Å². The van der Waals surface area contributed by atoms with E-state index in [4.69, 9.17) is 4.74 Å². The Hall–Kier alpha value is -2.90. The molecule has 0 spiro atoms. The van der Waals surface area contributed by atoms with Gasteiger partial charge in [-0.2, -0.15) is 0 Å². The van der Waals surface area contributed by atoms with Crippen molar-refractivity contribution in [3.63, 3.8) is 0 Å². The Bertz CT molecular complexity index is 837. The monoisotopic (exact) mass is 377 g/mol. The van der Waals surface area contributed by atoms with Crippen molar-refractivity contribution in [3.8, 4) is 0 Å². The molecule has 0 aliphatic carbocycles. The number of hydrogen-bond acceptors (Lipinski definition) is 3. The van der Waals surface area contributed by atoms with Gasteiger partial charge in [0.15, 0.2) is 11.6 Å². The third-order valence-corrected chi connectivity index (χ3v) is 4.47. The molecule has 3 rings (SSSR count). The smallest absolute Gasteiger partial charge is 0.318 e. The lowest BCUT2D eigenvalue weighted by Gasteiger charge is -2.37. The number of urea groups is 1. The van der Waals surface area contributed by atoms with Crippen molar-refractivity contribution in [2.45, 2.75) is 25.9 Å². The first kappa shape index (κ1) is 18.9. The maximum absolute atomic E-state index is 13.8. The quantitative estimate of drug-likeness (QED) is 0.815. The maximum atomic E-state index is 13.8. The molecule has 0 unspecified atom stereocenters. The summed E-state index contributed by atoms with van der Waals surface area (Å²) in [5.74, 6) is -2.28. The predicted molar refractivity (Wildman–Crippen MR) is 94.0 cm³/mol. The second-order valence-electron chi connectivity index (χ2n) is 6.18. The van der Waals surface area contributed by atoms with Gasteiger partial charge >= 0.3 is 12.0 Å². The Kier molecular flexibility index (Phi) is 5.73. The molecule has 0 saturated carbocycles. The lowest BCUT2D eigenvalue weighted by molar-refractivity contribution is -0.142. The Balaban J connectivity index is 1.79. The van der Waals surface area contributed by atoms with Gasteiger partial charge in [-0.15, -0.1) is 0 Å². The first-order chi connectivity index (χ1) is 13.0. The summed E-state index contributed by atoms with van der Waals surface area (Å²) in [7, 11) is 0. The molecule has 0 saturated heterocycles. The first-order valence-electron chi connectivity index (χ1n) is 8.81. The Morgan fingerprint density at radius 2 is 2.04 bits per heavy atom. The molecule has 144 valence electrons. The fourth-order valence-corrected chi connectivity index (χ4v) is 3.24. The molecule has 0 radical (unpaired) electrons. The molecule has 0 bridgehead atoms. The summed E-state index contributed by atoms with van der Waals surface area (Å²) < 4.78 is 33.9. The van der Waals surface area contributed by atoms with Gasteiger partial charge in [0.1, 0.15) is 0 Å². The van der Waals surface area contributed by atoms with Crippen molar-refractivity contribution in [2.75, 3.05) is 19.7 Å². The molecule has 1 aliphatic rings. The van der Waals surface area contributed by atoms with Crippen LogP contribution in [0, 0.1) is 11.6 Å². The lowest BCUT2D eigenvalue weighted by Crippen LogP contribution is -2.47. The summed E-state index contributed by atoms with van der Waals surface area (Å²) in [4.78, 5) is 25.7. The summed E-state index contributed by atoms with van der Waals surface area (Å²) in [5.41, 5.74) is 1.29. The third kappa shape index (κ3) is 4.10. The standard InChI is InChI=1S/C19H21F2N3O3/c1-2-27-17(25)7-8-22-19(26)24-11-10-23-9-3-4-16(23)18(24)13-5-6-14(20)15(21)12-13/h3-6,9,12,18H,2,7-8,10-11H2,1H3,(H,22,26)/t18-/m1/s1. The summed E-state index contributed by atoms with van der Waals surface area (Å²) in [6, 6.07) is 6.43. The van der Waals surface area contributed by atoms with Crippen molar-refractivity contribution >= 4 is 12.0 Å². The number of hydrogen-bond donors (Lipinski definition) is 1. The van der Waals surface area contributed by atoms with E-state index < -0.39 is 17.7 Å². The van der Waals surface area contributed by atoms with E-state index in [-0.39, 0.29) is 31.6 Å². The van der Waals surface area contributed by atoms with Crippen LogP contribution in [0.25, 0.3) is 0 Å². The second-order valence-corrected chi connectivity index (χ2v) is 6.18. The van der Waals surface area contributed by atoms with Crippen LogP contribution in [0.5, 0.6) is 0 Å². The molecular formula is C19H21F2N3O3. The van der Waals surface area contributed by atoms with Gasteiger partial charge in [0.05, 0.1) is 19.1 Å². The minimum absolute atomic E-state index is 0.0691. The number of nitrogens with one attached hydrogen (secondary N) is 1. The minimum atomic E-state index is -0.959. The molecule has 2 amide bonds. The zero-order chi connectivity index (χ0) is 19.4. The Morgan fingerprint density at radius 3 is 2.78 bits per heavy atom. The van der Waals surface area contributed by atoms with E-state index >= 15 is 0 Å². The summed E-state index contributed by atoms with van der Waals surface area (Å²) in [6.07, 6.45) is 1.96. The highest BCUT2D eigenvalue weighted by molar-refractivity contribution is 5.76. The normalized spacial score (nSPS) is 16.0. The number of nitrogens with zero attached hydrogens (tertiary/aromatic N) is 2. The van der Waals surface area contributed by atoms with Gasteiger partial charge in [-0.1, -0.05) is 6.07 Å². The van der Waals surface area contributed by atoms with Gasteiger partial charge in [0, 0.05) is 31.5 Å². The largest absolute Gasteiger partial charge is 0.466 e. The summed E-state index contributed by atoms with van der Waals surface area (Å²) >= 11 is 0. The molecule has 0 fully saturated rings. The fraction of sp³-hybridized carbons (Fsp3) is 0.368. The van der Waals surface area contributed by atoms with Crippen LogP contribution in [-0.2, 0) is 16.1 Å². The molecule has 6 nitrogen and oxygen atoms in total. The van der Waals surface area contributed by atoms with E-state index in [1.807, 2.05) is 22.9 Å². The summed E-state index contributed by atoms with van der Waals surface area (Å²) in [6.45, 7) is 3.13. The highest BCUT2D eigenvalue weighted by atomic mass is 19.2. The number of fused-ring (bicyclic) bond motifs is 1. The zero-order valence-corrected chi connectivity index (χ0v) is 15.0. The van der Waals surface area contributed by atoms with Gasteiger partial charge in [-0.3, -0.25) is 4.79 Å². The Labute approximate surface area is 155 Å². The number of rotatable bonds is 5. The van der Waals surface area contributed by atoms with Crippen LogP contribution in [0.3, 0.4) is 0 Å². The number of amides is 2. The second kappa shape index (κ2) is 8.20. The highest BCUT2D eigenvalue weighted by Gasteiger charge is 2.32. The fourth-order valence-electron chi connectivity index (χ4n) is 3.24. The number of benzene rings is 1. The van der Waals surface area contributed by atoms with Crippen LogP contribution >= 0.6 is 0 Å². The molecule has 2 aromatic rings. The first-order valence-corrected chi connectivity index (χ1v) is 8.81. The molecular weight excluding hydrogens is 356 g/mol. The third-order valence-electron chi connectivity index (χ3n) is 4.47. The number of aromatic nitrogens is 1. The van der Waals surface area contributed by atoms with Gasteiger partial charge in [0.25, 0.3) is 0 Å². The van der Waals surface area contributed by atoms with Crippen LogP contribution < -0.4 is 5.32 Å². The lowest BCUT2D eigenvalue weighted by atomic mass is 10.00. The maximum Gasteiger partial charge on any atom is 0.318 e.